The van der Waals surface area contributed by atoms with E-state index < -0.39 is 0 Å². The highest BCUT2D eigenvalue weighted by Gasteiger charge is 2.16. The standard InChI is InChI=1S/C20H32N2O/c1-3-18-8-10-19(11-9-18)17-22-15-13-21(14-16-22)12-6-5-7-20(23)4-2/h8-11H,3-7,12-17H2,1-2H3. The van der Waals surface area contributed by atoms with Gasteiger partial charge in [0.15, 0.2) is 0 Å². The van der Waals surface area contributed by atoms with Crippen molar-refractivity contribution >= 4 is 5.78 Å². The molecule has 0 N–H and O–H groups in total. The Kier molecular flexibility index (Phi) is 7.77. The van der Waals surface area contributed by atoms with E-state index in [0.29, 0.717) is 12.2 Å². The Labute approximate surface area is 141 Å². The number of piperazine rings is 1. The van der Waals surface area contributed by atoms with Crippen LogP contribution in [0.1, 0.15) is 50.7 Å². The molecule has 2 rings (SSSR count). The molecular weight excluding hydrogens is 284 g/mol. The van der Waals surface area contributed by atoms with Crippen LogP contribution in [0.5, 0.6) is 0 Å². The van der Waals surface area contributed by atoms with Crippen LogP contribution in [0.15, 0.2) is 24.3 Å². The maximum Gasteiger partial charge on any atom is 0.132 e. The van der Waals surface area contributed by atoms with Gasteiger partial charge in [-0.3, -0.25) is 9.69 Å². The molecule has 23 heavy (non-hydrogen) atoms. The van der Waals surface area contributed by atoms with Crippen molar-refractivity contribution in [2.24, 2.45) is 0 Å². The number of unbranched alkanes of at least 4 members (excludes halogenated alkanes) is 1. The molecule has 0 radical (unpaired) electrons. The van der Waals surface area contributed by atoms with Gasteiger partial charge in [-0.2, -0.15) is 0 Å². The predicted octanol–water partition coefficient (Wildman–Crippen LogP) is 3.52. The van der Waals surface area contributed by atoms with Crippen LogP contribution in [0, 0.1) is 0 Å². The molecule has 1 saturated heterocycles. The van der Waals surface area contributed by atoms with E-state index in [2.05, 4.69) is 41.0 Å². The van der Waals surface area contributed by atoms with E-state index >= 15 is 0 Å². The molecule has 0 bridgehead atoms. The summed E-state index contributed by atoms with van der Waals surface area (Å²) in [4.78, 5) is 16.4. The number of hydrogen-bond donors (Lipinski definition) is 0. The molecule has 0 spiro atoms. The Balaban J connectivity index is 1.62. The van der Waals surface area contributed by atoms with Crippen molar-refractivity contribution in [3.05, 3.63) is 35.4 Å². The summed E-state index contributed by atoms with van der Waals surface area (Å²) < 4.78 is 0. The average Bonchev–Trinajstić information content (AvgIpc) is 2.60. The van der Waals surface area contributed by atoms with Gasteiger partial charge in [-0.1, -0.05) is 38.1 Å². The lowest BCUT2D eigenvalue weighted by Crippen LogP contribution is -2.46. The van der Waals surface area contributed by atoms with Gasteiger partial charge in [0.05, 0.1) is 0 Å². The molecule has 1 heterocycles. The first-order chi connectivity index (χ1) is 11.2. The highest BCUT2D eigenvalue weighted by atomic mass is 16.1. The van der Waals surface area contributed by atoms with E-state index in [1.807, 2.05) is 6.92 Å². The normalized spacial score (nSPS) is 16.6. The van der Waals surface area contributed by atoms with Gasteiger partial charge in [-0.05, 0) is 36.9 Å². The third kappa shape index (κ3) is 6.44. The van der Waals surface area contributed by atoms with Crippen LogP contribution in [0.3, 0.4) is 0 Å². The molecule has 1 aliphatic heterocycles. The van der Waals surface area contributed by atoms with Crippen molar-refractivity contribution in [1.29, 1.82) is 0 Å². The Morgan fingerprint density at radius 1 is 0.913 bits per heavy atom. The molecule has 0 amide bonds. The van der Waals surface area contributed by atoms with Crippen molar-refractivity contribution in [2.75, 3.05) is 32.7 Å². The maximum atomic E-state index is 11.3. The molecule has 1 aliphatic rings. The van der Waals surface area contributed by atoms with E-state index in [1.54, 1.807) is 0 Å². The lowest BCUT2D eigenvalue weighted by Gasteiger charge is -2.34. The summed E-state index contributed by atoms with van der Waals surface area (Å²) in [5.74, 6) is 0.406. The summed E-state index contributed by atoms with van der Waals surface area (Å²) in [6, 6.07) is 9.05. The molecule has 1 aromatic rings. The van der Waals surface area contributed by atoms with Crippen LogP contribution in [0.4, 0.5) is 0 Å². The molecule has 1 fully saturated rings. The van der Waals surface area contributed by atoms with E-state index in [4.69, 9.17) is 0 Å². The van der Waals surface area contributed by atoms with Crippen molar-refractivity contribution in [3.63, 3.8) is 0 Å². The molecular formula is C20H32N2O. The Morgan fingerprint density at radius 2 is 1.52 bits per heavy atom. The first-order valence-corrected chi connectivity index (χ1v) is 9.25. The monoisotopic (exact) mass is 316 g/mol. The number of rotatable bonds is 9. The van der Waals surface area contributed by atoms with Crippen LogP contribution in [0.2, 0.25) is 0 Å². The molecule has 0 atom stereocenters. The summed E-state index contributed by atoms with van der Waals surface area (Å²) >= 11 is 0. The molecule has 0 aliphatic carbocycles. The largest absolute Gasteiger partial charge is 0.301 e. The number of carbonyl (C=O) groups is 1. The number of ketones is 1. The fraction of sp³-hybridized carbons (Fsp3) is 0.650. The molecule has 128 valence electrons. The van der Waals surface area contributed by atoms with E-state index in [-0.39, 0.29) is 0 Å². The SMILES string of the molecule is CCC(=O)CCCCN1CCN(Cc2ccc(CC)cc2)CC1. The fourth-order valence-corrected chi connectivity index (χ4v) is 3.14. The zero-order chi connectivity index (χ0) is 16.5. The second-order valence-electron chi connectivity index (χ2n) is 6.64. The van der Waals surface area contributed by atoms with Gasteiger partial charge in [0, 0.05) is 45.6 Å². The fourth-order valence-electron chi connectivity index (χ4n) is 3.14. The van der Waals surface area contributed by atoms with Gasteiger partial charge in [-0.25, -0.2) is 0 Å². The number of nitrogens with zero attached hydrogens (tertiary/aromatic N) is 2. The molecule has 0 unspecified atom stereocenters. The van der Waals surface area contributed by atoms with Crippen LogP contribution in [-0.4, -0.2) is 48.3 Å². The van der Waals surface area contributed by atoms with Gasteiger partial charge in [0.1, 0.15) is 5.78 Å². The van der Waals surface area contributed by atoms with Gasteiger partial charge in [-0.15, -0.1) is 0 Å². The molecule has 0 aromatic heterocycles. The Hall–Kier alpha value is -1.19. The maximum absolute atomic E-state index is 11.3. The van der Waals surface area contributed by atoms with E-state index in [0.717, 1.165) is 65.0 Å². The summed E-state index contributed by atoms with van der Waals surface area (Å²) in [6.07, 6.45) is 4.78. The lowest BCUT2D eigenvalue weighted by atomic mass is 10.1. The molecule has 3 nitrogen and oxygen atoms in total. The lowest BCUT2D eigenvalue weighted by molar-refractivity contribution is -0.118. The van der Waals surface area contributed by atoms with Gasteiger partial charge in [0.25, 0.3) is 0 Å². The molecule has 0 saturated carbocycles. The van der Waals surface area contributed by atoms with Crippen molar-refractivity contribution in [1.82, 2.24) is 9.80 Å². The molecule has 3 heteroatoms. The number of benzene rings is 1. The van der Waals surface area contributed by atoms with Crippen LogP contribution in [0.25, 0.3) is 0 Å². The van der Waals surface area contributed by atoms with Crippen LogP contribution < -0.4 is 0 Å². The van der Waals surface area contributed by atoms with Crippen LogP contribution >= 0.6 is 0 Å². The topological polar surface area (TPSA) is 23.6 Å². The van der Waals surface area contributed by atoms with Gasteiger partial charge in [0.2, 0.25) is 0 Å². The van der Waals surface area contributed by atoms with E-state index in [1.165, 1.54) is 11.1 Å². The minimum Gasteiger partial charge on any atom is -0.301 e. The highest BCUT2D eigenvalue weighted by Crippen LogP contribution is 2.11. The molecule has 1 aromatic carbocycles. The summed E-state index contributed by atoms with van der Waals surface area (Å²) in [7, 11) is 0. The summed E-state index contributed by atoms with van der Waals surface area (Å²) in [6.45, 7) is 11.0. The zero-order valence-corrected chi connectivity index (χ0v) is 14.9. The van der Waals surface area contributed by atoms with E-state index in [9.17, 15) is 4.79 Å². The van der Waals surface area contributed by atoms with Gasteiger partial charge < -0.3 is 4.90 Å². The van der Waals surface area contributed by atoms with Crippen molar-refractivity contribution in [2.45, 2.75) is 52.5 Å². The smallest absolute Gasteiger partial charge is 0.132 e. The summed E-state index contributed by atoms with van der Waals surface area (Å²) in [5.41, 5.74) is 2.84. The minimum absolute atomic E-state index is 0.406. The second kappa shape index (κ2) is 9.84. The quantitative estimate of drug-likeness (QED) is 0.651. The third-order valence-electron chi connectivity index (χ3n) is 4.88. The summed E-state index contributed by atoms with van der Waals surface area (Å²) in [5, 5.41) is 0. The zero-order valence-electron chi connectivity index (χ0n) is 14.9. The second-order valence-corrected chi connectivity index (χ2v) is 6.64. The van der Waals surface area contributed by atoms with Crippen molar-refractivity contribution in [3.8, 4) is 0 Å². The number of Topliss-reactive ketones (excluding diaryl/α,β-unsaturated/α-hetero) is 1. The van der Waals surface area contributed by atoms with Gasteiger partial charge >= 0.3 is 0 Å². The Morgan fingerprint density at radius 3 is 2.13 bits per heavy atom. The number of hydrogen-bond acceptors (Lipinski definition) is 3. The van der Waals surface area contributed by atoms with Crippen LogP contribution in [-0.2, 0) is 17.8 Å². The predicted molar refractivity (Wildman–Crippen MR) is 96.7 cm³/mol. The number of aryl methyl sites for hydroxylation is 1. The highest BCUT2D eigenvalue weighted by molar-refractivity contribution is 5.77. The first-order valence-electron chi connectivity index (χ1n) is 9.25. The first kappa shape index (κ1) is 18.2. The minimum atomic E-state index is 0.406. The number of carbonyl (C=O) groups excluding carboxylic acids is 1. The Bertz CT molecular complexity index is 461. The average molecular weight is 316 g/mol. The third-order valence-corrected chi connectivity index (χ3v) is 4.88. The van der Waals surface area contributed by atoms with Crippen molar-refractivity contribution < 1.29 is 4.79 Å².